The van der Waals surface area contributed by atoms with E-state index in [2.05, 4.69) is 131 Å². The van der Waals surface area contributed by atoms with Gasteiger partial charge >= 0.3 is 23.9 Å². The van der Waals surface area contributed by atoms with Gasteiger partial charge in [0.25, 0.3) is 0 Å². The zero-order valence-electron chi connectivity index (χ0n) is 63.6. The van der Waals surface area contributed by atoms with Gasteiger partial charge < -0.3 is 38.9 Å². The number of ether oxygens (including phenoxy) is 4. The van der Waals surface area contributed by atoms with E-state index in [0.29, 0.717) is 67.1 Å². The lowest BCUT2D eigenvalue weighted by atomic mass is 10.0. The van der Waals surface area contributed by atoms with Crippen LogP contribution in [0.25, 0.3) is 182 Å². The highest BCUT2D eigenvalue weighted by Crippen LogP contribution is 2.43. The molecular formula is C100H72N8O8. The van der Waals surface area contributed by atoms with Gasteiger partial charge in [0.1, 0.15) is 13.2 Å². The first kappa shape index (κ1) is 71.2. The van der Waals surface area contributed by atoms with Gasteiger partial charge in [-0.25, -0.2) is 39.1 Å². The first-order chi connectivity index (χ1) is 56.9. The third-order valence-corrected chi connectivity index (χ3v) is 22.0. The number of nitrogens with zero attached hydrogens (tertiary/aromatic N) is 4. The molecule has 28 bridgehead atoms. The molecule has 16 heteroatoms. The number of benzene rings is 8. The summed E-state index contributed by atoms with van der Waals surface area (Å²) in [6.45, 7) is 4.31. The van der Waals surface area contributed by atoms with Crippen LogP contribution in [0.1, 0.15) is 123 Å². The zero-order chi connectivity index (χ0) is 78.7. The Balaban J connectivity index is 0.786. The highest BCUT2D eigenvalue weighted by molar-refractivity contribution is 6.05. The van der Waals surface area contributed by atoms with Gasteiger partial charge in [0.15, 0.2) is 0 Å². The average Bonchev–Trinajstić information content (AvgIpc) is 1.61. The van der Waals surface area contributed by atoms with Gasteiger partial charge in [-0.05, 0) is 225 Å². The highest BCUT2D eigenvalue weighted by atomic mass is 16.5. The number of aryl methyl sites for hydroxylation is 2. The highest BCUT2D eigenvalue weighted by Gasteiger charge is 2.25. The number of aromatic nitrogens is 8. The molecule has 8 aromatic carbocycles. The number of esters is 4. The molecule has 25 rings (SSSR count). The van der Waals surface area contributed by atoms with Crippen LogP contribution in [0, 0.1) is 0 Å². The summed E-state index contributed by atoms with van der Waals surface area (Å²) in [6.07, 6.45) is 18.0. The third-order valence-electron chi connectivity index (χ3n) is 22.0. The molecule has 116 heavy (non-hydrogen) atoms. The fourth-order valence-corrected chi connectivity index (χ4v) is 16.0. The number of H-pyrrole nitrogens is 4. The molecule has 17 heterocycles. The first-order valence-electron chi connectivity index (χ1n) is 38.5. The van der Waals surface area contributed by atoms with Gasteiger partial charge in [0.05, 0.1) is 82.0 Å². The van der Waals surface area contributed by atoms with Crippen LogP contribution in [0.15, 0.2) is 243 Å². The van der Waals surface area contributed by atoms with Crippen LogP contribution in [-0.4, -0.2) is 78.0 Å². The molecule has 0 fully saturated rings. The van der Waals surface area contributed by atoms with E-state index in [1.807, 2.05) is 146 Å². The summed E-state index contributed by atoms with van der Waals surface area (Å²) in [5, 5.41) is 0. The number of hydrogen-bond acceptors (Lipinski definition) is 12. The topological polar surface area (TPSA) is 220 Å². The number of aromatic amines is 4. The predicted octanol–water partition coefficient (Wildman–Crippen LogP) is 22.7. The van der Waals surface area contributed by atoms with Crippen LogP contribution in [0.3, 0.4) is 0 Å². The quantitative estimate of drug-likeness (QED) is 0.0825. The maximum Gasteiger partial charge on any atom is 0.338 e. The van der Waals surface area contributed by atoms with Crippen LogP contribution in [0.5, 0.6) is 0 Å². The van der Waals surface area contributed by atoms with Gasteiger partial charge in [-0.15, -0.1) is 0 Å². The Morgan fingerprint density at radius 2 is 0.466 bits per heavy atom. The number of methoxy groups -OCH3 is 2. The molecule has 560 valence electrons. The molecule has 0 saturated heterocycles. The van der Waals surface area contributed by atoms with Crippen LogP contribution in [0.4, 0.5) is 0 Å². The zero-order valence-corrected chi connectivity index (χ0v) is 63.6. The maximum absolute atomic E-state index is 14.5. The van der Waals surface area contributed by atoms with Crippen molar-refractivity contribution in [2.75, 3.05) is 14.2 Å². The summed E-state index contributed by atoms with van der Waals surface area (Å²) in [7, 11) is 2.71. The number of fused-ring (bicyclic) bond motifs is 12. The van der Waals surface area contributed by atoms with Gasteiger partial charge in [0.2, 0.25) is 0 Å². The van der Waals surface area contributed by atoms with E-state index in [-0.39, 0.29) is 13.2 Å². The minimum atomic E-state index is -0.509. The van der Waals surface area contributed by atoms with Crippen LogP contribution in [-0.2, 0) is 45.0 Å². The second kappa shape index (κ2) is 29.8. The molecule has 0 amide bonds. The van der Waals surface area contributed by atoms with Gasteiger partial charge in [-0.1, -0.05) is 159 Å². The largest absolute Gasteiger partial charge is 0.465 e. The lowest BCUT2D eigenvalue weighted by Crippen LogP contribution is -2.05. The molecule has 0 unspecified atom stereocenters. The standard InChI is InChI=1S/C100H72N8O8/c1-5-57-7-15-61(16-8-57)89-73-39-40-74(101-73)90(62-17-9-58(6-2)10-18-62)76-42-44-78(103-76)92-64-21-13-60(14-22-64)56-116-100(112)72-37-29-68(30-38-72)96-86-52-50-84(107-86)94(66-25-33-70(34-26-66)98(110)114-4)82-48-47-81(105-82)93(65-23-31-69(32-24-65)97(109)113-3)83-49-51-85(106-83)95(87-53-54-88(96)108-87)67-27-35-71(36-28-67)99(111)115-55-59-11-19-63(20-12-59)91(77-43-41-75(89)102-77)79-45-46-80(92)104-79/h7-54,102-103,106-107H,5-6,55-56H2,1-4H3. The van der Waals surface area contributed by atoms with Crippen molar-refractivity contribution in [1.82, 2.24) is 39.9 Å². The van der Waals surface area contributed by atoms with Gasteiger partial charge in [-0.2, -0.15) is 0 Å². The molecule has 0 atom stereocenters. The van der Waals surface area contributed by atoms with Crippen molar-refractivity contribution < 1.29 is 38.1 Å². The molecule has 16 nitrogen and oxygen atoms in total. The van der Waals surface area contributed by atoms with E-state index in [9.17, 15) is 19.2 Å². The summed E-state index contributed by atoms with van der Waals surface area (Å²) in [4.78, 5) is 92.0. The Labute approximate surface area is 666 Å². The number of hydrogen-bond donors (Lipinski definition) is 4. The minimum Gasteiger partial charge on any atom is -0.465 e. The van der Waals surface area contributed by atoms with E-state index in [1.54, 1.807) is 48.5 Å². The molecule has 6 aromatic heterocycles. The van der Waals surface area contributed by atoms with E-state index in [4.69, 9.17) is 38.9 Å². The molecule has 11 aliphatic rings. The monoisotopic (exact) mass is 1510 g/mol. The Bertz CT molecular complexity index is 6480. The van der Waals surface area contributed by atoms with Crippen molar-refractivity contribution in [3.63, 3.8) is 0 Å². The summed E-state index contributed by atoms with van der Waals surface area (Å²) in [5.74, 6) is -1.96. The van der Waals surface area contributed by atoms with E-state index >= 15 is 0 Å². The van der Waals surface area contributed by atoms with Crippen LogP contribution < -0.4 is 0 Å². The molecule has 0 spiro atoms. The van der Waals surface area contributed by atoms with Crippen LogP contribution >= 0.6 is 0 Å². The Hall–Kier alpha value is -15.2. The summed E-state index contributed by atoms with van der Waals surface area (Å²) >= 11 is 0. The van der Waals surface area contributed by atoms with Crippen molar-refractivity contribution >= 4 is 117 Å². The van der Waals surface area contributed by atoms with Crippen molar-refractivity contribution in [2.24, 2.45) is 0 Å². The lowest BCUT2D eigenvalue weighted by Gasteiger charge is -2.10. The Kier molecular flexibility index (Phi) is 18.3. The fourth-order valence-electron chi connectivity index (χ4n) is 16.0. The number of rotatable bonds is 8. The van der Waals surface area contributed by atoms with Crippen LogP contribution in [0.2, 0.25) is 0 Å². The smallest absolute Gasteiger partial charge is 0.338 e. The third kappa shape index (κ3) is 13.3. The molecule has 4 N–H and O–H groups in total. The van der Waals surface area contributed by atoms with Crippen molar-refractivity contribution in [3.05, 3.63) is 333 Å². The molecule has 0 saturated carbocycles. The van der Waals surface area contributed by atoms with E-state index in [0.717, 1.165) is 158 Å². The van der Waals surface area contributed by atoms with Gasteiger partial charge in [0, 0.05) is 88.6 Å². The fraction of sp³-hybridized carbons (Fsp3) is 0.0800. The first-order valence-corrected chi connectivity index (χ1v) is 38.5. The van der Waals surface area contributed by atoms with Crippen molar-refractivity contribution in [2.45, 2.75) is 39.9 Å². The van der Waals surface area contributed by atoms with E-state index in [1.165, 1.54) is 25.3 Å². The summed E-state index contributed by atoms with van der Waals surface area (Å²) in [6, 6.07) is 79.1. The van der Waals surface area contributed by atoms with E-state index < -0.39 is 23.9 Å². The minimum absolute atomic E-state index is 0.00750. The number of nitrogens with one attached hydrogen (secondary N) is 4. The molecule has 0 aliphatic carbocycles. The Morgan fingerprint density at radius 3 is 0.672 bits per heavy atom. The molecule has 0 radical (unpaired) electrons. The number of carbonyl (C=O) groups is 4. The average molecular weight is 1510 g/mol. The summed E-state index contributed by atoms with van der Waals surface area (Å²) < 4.78 is 22.6. The molecule has 11 aliphatic heterocycles. The van der Waals surface area contributed by atoms with Crippen molar-refractivity contribution in [3.8, 4) is 89.0 Å². The Morgan fingerprint density at radius 1 is 0.276 bits per heavy atom. The lowest BCUT2D eigenvalue weighted by molar-refractivity contribution is 0.0464. The molecular weight excluding hydrogens is 1440 g/mol. The molecule has 14 aromatic rings. The normalized spacial score (nSPS) is 12.8. The van der Waals surface area contributed by atoms with Crippen molar-refractivity contribution in [1.29, 1.82) is 0 Å². The SMILES string of the molecule is CCc1ccc(-c2c3nc(c(-c4ccc(CC)cc4)c4ccc([nH]4)c4c5nc(c(c6ccc2[nH]6)-c2ccc(cc2)COC(=O)c2ccc(cc2)-c2c6nc(c(c7ccc([nH]7)c(-c7ccc(C(=O)OC)cc7)c7nc(c(-c8ccc(C(=O)OC)cc8)c8ccc2[nH]8)C=C7)-c2ccc(cc2)C(=O)OCc2ccc-4cc2)C=C6)C=C5)C=C3)cc1. The second-order valence-corrected chi connectivity index (χ2v) is 28.9. The predicted molar refractivity (Wildman–Crippen MR) is 461 cm³/mol. The number of carbonyl (C=O) groups excluding carboxylic acids is 4. The van der Waals surface area contributed by atoms with Gasteiger partial charge in [-0.3, -0.25) is 0 Å². The second-order valence-electron chi connectivity index (χ2n) is 28.9. The summed E-state index contributed by atoms with van der Waals surface area (Å²) in [5.41, 5.74) is 30.5. The maximum atomic E-state index is 14.5.